The van der Waals surface area contributed by atoms with Crippen molar-refractivity contribution in [2.45, 2.75) is 139 Å². The van der Waals surface area contributed by atoms with Crippen LogP contribution in [0.3, 0.4) is 0 Å². The van der Waals surface area contributed by atoms with Gasteiger partial charge in [0, 0.05) is 148 Å². The number of carbonyl (C=O) groups is 3. The number of hydrogen-bond donors (Lipinski definition) is 6. The van der Waals surface area contributed by atoms with Gasteiger partial charge in [-0.3, -0.25) is 14.4 Å². The maximum Gasteiger partial charge on any atom is 0.332 e. The average molecular weight is 1640 g/mol. The molecule has 3 aliphatic rings. The fourth-order valence-corrected chi connectivity index (χ4v) is 13.0. The van der Waals surface area contributed by atoms with Gasteiger partial charge in [-0.25, -0.2) is 0 Å². The molecular formula is C49H125Ar3ClIN2O25P7. The first-order chi connectivity index (χ1) is 34.9. The minimum atomic E-state index is -2.27. The molecule has 0 aromatic heterocycles. The van der Waals surface area contributed by atoms with Crippen LogP contribution in [0.25, 0.3) is 0 Å². The topological polar surface area (TPSA) is 452 Å². The first kappa shape index (κ1) is 133. The van der Waals surface area contributed by atoms with E-state index < -0.39 is 74.2 Å². The van der Waals surface area contributed by atoms with Crippen LogP contribution in [-0.2, 0) is 88.7 Å². The van der Waals surface area contributed by atoms with Crippen molar-refractivity contribution in [1.29, 1.82) is 0 Å². The Bertz CT molecular complexity index is 1710. The summed E-state index contributed by atoms with van der Waals surface area (Å²) >= 11 is 6.62. The van der Waals surface area contributed by atoms with Gasteiger partial charge in [-0.05, 0) is 141 Å². The molecule has 7 atom stereocenters. The molecule has 3 heterocycles. The number of aliphatic hydroxyl groups is 4. The van der Waals surface area contributed by atoms with E-state index in [4.69, 9.17) is 67.2 Å². The summed E-state index contributed by atoms with van der Waals surface area (Å²) in [6.45, 7) is 37.5. The summed E-state index contributed by atoms with van der Waals surface area (Å²) in [5, 5.41) is 34.2. The van der Waals surface area contributed by atoms with Gasteiger partial charge in [0.25, 0.3) is 12.9 Å². The van der Waals surface area contributed by atoms with Crippen molar-refractivity contribution in [2.75, 3.05) is 161 Å². The molecule has 14 N–H and O–H groups in total. The molecule has 0 aromatic rings. The third-order valence-corrected chi connectivity index (χ3v) is 17.2. The molecule has 39 heteroatoms. The standard InChI is InChI=1S/2C8H17O3P.C7H13O5P.C6H11IO2.C6H15O3P.2C5H13O3P.CHClO.3CH4.3Ar.2H3N.2H2O.H3P/c2*1-8(2)10-5-7(11-8)6-12(3,4)9;1-13(2,10)4-7(12-6-9)3-11-5-8;1-6(2)8-4-5(3-7)9-6;1-4-7-10(8-5-2)9-6-3;2*1-9(2,8)4-5(7)3-6;2-1-3;;;;;;;;;;;/h2*7H,5-6H2,1-4H3;5-7H,3-4H2,1-2H3;5H,3-4H2,1-2H3;4-6H2,1-3H3;2*5-7H,3-4H2,1-2H3;1H;3*1H4;;;;2*1H3;2*1H2;1H3. The Morgan fingerprint density at radius 3 is 0.966 bits per heavy atom. The Morgan fingerprint density at radius 1 is 0.557 bits per heavy atom. The Hall–Kier alpha value is 4.74. The second-order valence-corrected chi connectivity index (χ2v) is 40.7. The van der Waals surface area contributed by atoms with E-state index in [9.17, 15) is 32.4 Å². The number of halogens is 2. The zero-order valence-corrected chi connectivity index (χ0v) is 65.3. The van der Waals surface area contributed by atoms with Crippen molar-refractivity contribution in [1.82, 2.24) is 12.3 Å². The molecule has 0 aromatic carbocycles. The fourth-order valence-electron chi connectivity index (χ4n) is 5.94. The van der Waals surface area contributed by atoms with Crippen LogP contribution in [0.5, 0.6) is 0 Å². The third kappa shape index (κ3) is 102. The van der Waals surface area contributed by atoms with Crippen molar-refractivity contribution in [2.24, 2.45) is 0 Å². The van der Waals surface area contributed by atoms with Crippen LogP contribution in [0.4, 0.5) is 0 Å². The van der Waals surface area contributed by atoms with Gasteiger partial charge in [0.2, 0.25) is 5.75 Å². The summed E-state index contributed by atoms with van der Waals surface area (Å²) in [5.74, 6) is -1.09. The largest absolute Gasteiger partial charge is 0.464 e. The molecule has 3 saturated heterocycles. The normalized spacial score (nSPS) is 17.8. The van der Waals surface area contributed by atoms with E-state index in [-0.39, 0.29) is 244 Å². The van der Waals surface area contributed by atoms with Crippen LogP contribution < -0.4 is 12.3 Å². The van der Waals surface area contributed by atoms with Crippen molar-refractivity contribution in [3.63, 3.8) is 0 Å². The summed E-state index contributed by atoms with van der Waals surface area (Å²) in [6, 6.07) is 0. The number of carbonyl (C=O) groups excluding carboxylic acids is 3. The Kier molecular flexibility index (Phi) is 108. The molecule has 0 bridgehead atoms. The molecule has 0 saturated carbocycles. The van der Waals surface area contributed by atoms with Crippen LogP contribution in [0, 0.1) is 113 Å². The quantitative estimate of drug-likeness (QED) is 0.0173. The summed E-state index contributed by atoms with van der Waals surface area (Å²) in [6.07, 6.45) is -0.0122. The number of aliphatic hydroxyl groups excluding tert-OH is 4. The van der Waals surface area contributed by atoms with E-state index in [1.54, 1.807) is 66.6 Å². The molecular weight excluding hydrogens is 1520 g/mol. The molecule has 88 heavy (non-hydrogen) atoms. The summed E-state index contributed by atoms with van der Waals surface area (Å²) < 4.78 is 114. The van der Waals surface area contributed by atoms with Crippen molar-refractivity contribution in [3.05, 3.63) is 0 Å². The van der Waals surface area contributed by atoms with Gasteiger partial charge >= 0.3 is 8.60 Å². The second-order valence-electron chi connectivity index (χ2n) is 20.8. The number of rotatable bonds is 24. The van der Waals surface area contributed by atoms with Crippen molar-refractivity contribution >= 4 is 107 Å². The summed E-state index contributed by atoms with van der Waals surface area (Å²) in [4.78, 5) is 28.4. The third-order valence-electron chi connectivity index (χ3n) is 8.33. The van der Waals surface area contributed by atoms with Crippen LogP contribution >= 0.6 is 88.4 Å². The molecule has 554 valence electrons. The van der Waals surface area contributed by atoms with Crippen LogP contribution in [0.1, 0.15) is 84.6 Å². The zero-order chi connectivity index (χ0) is 61.5. The first-order valence-electron chi connectivity index (χ1n) is 24.5. The van der Waals surface area contributed by atoms with E-state index in [1.807, 2.05) is 62.3 Å². The van der Waals surface area contributed by atoms with Gasteiger partial charge in [-0.15, -0.1) is 0 Å². The predicted molar refractivity (Wildman–Crippen MR) is 367 cm³/mol. The minimum Gasteiger partial charge on any atom is -0.464 e. The maximum atomic E-state index is 11.4. The van der Waals surface area contributed by atoms with Crippen molar-refractivity contribution in [3.8, 4) is 0 Å². The second kappa shape index (κ2) is 71.6. The first-order valence-corrected chi connectivity index (χ1v) is 41.5. The Balaban J connectivity index is -0.0000000479. The van der Waals surface area contributed by atoms with Crippen LogP contribution in [0.2, 0.25) is 0 Å². The Labute approximate surface area is 644 Å². The number of alkyl halides is 1. The Morgan fingerprint density at radius 2 is 0.818 bits per heavy atom. The minimum absolute atomic E-state index is 0. The maximum absolute atomic E-state index is 11.4. The molecule has 3 aliphatic heterocycles. The SMILES string of the molecule is C.C.C.CC1(C)OCC(CI)O1.CC1(C)OCC(CP(C)(C)=O)O1.CC1(C)OCC(CP(C)(C)=O)O1.CCOP(OCC)OCC.CP(C)(=O)CC(COC=O)OC=O.CP(C)(=O)CC(O)CO.CP(C)(=O)CC(O)CO.N.N.O.O.O=CCl.P.[Ar].[Ar].[Ar]. The molecule has 0 aliphatic carbocycles. The van der Waals surface area contributed by atoms with Gasteiger partial charge in [-0.1, -0.05) is 44.9 Å². The van der Waals surface area contributed by atoms with E-state index in [1.165, 1.54) is 0 Å². The van der Waals surface area contributed by atoms with E-state index in [0.717, 1.165) is 11.0 Å². The van der Waals surface area contributed by atoms with Gasteiger partial charge in [0.05, 0.1) is 119 Å². The molecule has 3 fully saturated rings. The molecule has 0 radical (unpaired) electrons. The molecule has 3 rings (SSSR count). The van der Waals surface area contributed by atoms with Gasteiger partial charge in [0.15, 0.2) is 17.4 Å². The molecule has 7 unspecified atom stereocenters. The van der Waals surface area contributed by atoms with E-state index >= 15 is 0 Å². The molecule has 27 nitrogen and oxygen atoms in total. The van der Waals surface area contributed by atoms with Gasteiger partial charge < -0.3 is 118 Å². The monoisotopic (exact) mass is 1640 g/mol. The molecule has 0 amide bonds. The van der Waals surface area contributed by atoms with E-state index in [0.29, 0.717) is 51.5 Å². The van der Waals surface area contributed by atoms with Gasteiger partial charge in [0.1, 0.15) is 12.7 Å². The van der Waals surface area contributed by atoms with Crippen LogP contribution in [-0.4, -0.2) is 265 Å². The fraction of sp³-hybridized carbons (Fsp3) is 0.939. The van der Waals surface area contributed by atoms with Crippen molar-refractivity contribution < 1.29 is 233 Å². The number of hydrogen-bond acceptors (Lipinski definition) is 25. The molecule has 0 spiro atoms. The zero-order valence-electron chi connectivity index (χ0n) is 53.5. The van der Waals surface area contributed by atoms with Crippen LogP contribution in [0.15, 0.2) is 0 Å². The smallest absolute Gasteiger partial charge is 0.332 e. The summed E-state index contributed by atoms with van der Waals surface area (Å²) in [5.41, 5.74) is 0. The predicted octanol–water partition coefficient (Wildman–Crippen LogP) is 8.72. The average Bonchev–Trinajstić information content (AvgIpc) is 3.91. The van der Waals surface area contributed by atoms with E-state index in [2.05, 4.69) is 43.7 Å². The summed E-state index contributed by atoms with van der Waals surface area (Å²) in [7, 11) is -11.6. The number of ether oxygens (including phenoxy) is 8. The van der Waals surface area contributed by atoms with Gasteiger partial charge in [-0.2, -0.15) is 9.90 Å².